The summed E-state index contributed by atoms with van der Waals surface area (Å²) in [6.45, 7) is 2.78. The zero-order chi connectivity index (χ0) is 24.5. The van der Waals surface area contributed by atoms with Gasteiger partial charge in [0.05, 0.1) is 10.5 Å². The summed E-state index contributed by atoms with van der Waals surface area (Å²) >= 11 is 0. The highest BCUT2D eigenvalue weighted by atomic mass is 19.1. The minimum absolute atomic E-state index is 0.0351. The molecular weight excluding hydrogens is 439 g/mol. The van der Waals surface area contributed by atoms with Gasteiger partial charge < -0.3 is 10.1 Å². The molecule has 0 radical (unpaired) electrons. The van der Waals surface area contributed by atoms with Crippen LogP contribution in [-0.2, 0) is 15.1 Å². The number of amides is 1. The van der Waals surface area contributed by atoms with E-state index in [4.69, 9.17) is 4.74 Å². The Morgan fingerprint density at radius 1 is 1.06 bits per heavy atom. The van der Waals surface area contributed by atoms with Crippen LogP contribution in [0.15, 0.2) is 66.7 Å². The average molecular weight is 462 g/mol. The Balaban J connectivity index is 1.57. The van der Waals surface area contributed by atoms with Crippen LogP contribution in [0.4, 0.5) is 14.9 Å². The number of ketones is 1. The fraction of sp³-hybridized carbons (Fsp3) is 0.231. The van der Waals surface area contributed by atoms with E-state index in [1.54, 1.807) is 0 Å². The lowest BCUT2D eigenvalue weighted by atomic mass is 9.86. The molecule has 7 nitrogen and oxygen atoms in total. The summed E-state index contributed by atoms with van der Waals surface area (Å²) in [6.07, 6.45) is -1.12. The van der Waals surface area contributed by atoms with Crippen LogP contribution in [0, 0.1) is 15.9 Å². The van der Waals surface area contributed by atoms with E-state index in [0.29, 0.717) is 0 Å². The topological polar surface area (TPSA) is 98.5 Å². The largest absolute Gasteiger partial charge is 0.449 e. The highest BCUT2D eigenvalue weighted by Gasteiger charge is 2.36. The Morgan fingerprint density at radius 3 is 2.21 bits per heavy atom. The van der Waals surface area contributed by atoms with Gasteiger partial charge in [-0.2, -0.15) is 0 Å². The van der Waals surface area contributed by atoms with Crippen molar-refractivity contribution in [3.63, 3.8) is 0 Å². The van der Waals surface area contributed by atoms with Crippen molar-refractivity contribution in [2.75, 3.05) is 6.61 Å². The summed E-state index contributed by atoms with van der Waals surface area (Å²) in [5, 5.41) is 13.8. The number of nitrogens with zero attached hydrogens (tertiary/aromatic N) is 1. The van der Waals surface area contributed by atoms with E-state index in [9.17, 15) is 24.1 Å². The quantitative estimate of drug-likeness (QED) is 0.371. The molecule has 0 bridgehead atoms. The summed E-state index contributed by atoms with van der Waals surface area (Å²) in [7, 11) is 0. The number of ether oxygens (including phenoxy) is 1. The molecule has 3 aromatic rings. The molecule has 4 rings (SSSR count). The number of nitro groups is 1. The van der Waals surface area contributed by atoms with Crippen molar-refractivity contribution in [3.05, 3.63) is 99.4 Å². The summed E-state index contributed by atoms with van der Waals surface area (Å²) in [5.41, 5.74) is 2.18. The van der Waals surface area contributed by atoms with Gasteiger partial charge in [-0.25, -0.2) is 9.18 Å². The highest BCUT2D eigenvalue weighted by molar-refractivity contribution is 5.80. The van der Waals surface area contributed by atoms with Crippen LogP contribution in [-0.4, -0.2) is 23.4 Å². The Hall–Kier alpha value is -4.07. The molecule has 3 aromatic carbocycles. The van der Waals surface area contributed by atoms with Gasteiger partial charge in [0.15, 0.2) is 0 Å². The Kier molecular flexibility index (Phi) is 6.15. The maximum atomic E-state index is 14.7. The Labute approximate surface area is 195 Å². The SMILES string of the molecule is CC(=O)C[C@](C)(NC(=O)OCC1c2ccccc2-c2ccccc21)c1cc([N+](=O)[O-])ccc1F. The Morgan fingerprint density at radius 2 is 1.65 bits per heavy atom. The van der Waals surface area contributed by atoms with Crippen LogP contribution in [0.5, 0.6) is 0 Å². The van der Waals surface area contributed by atoms with Crippen LogP contribution >= 0.6 is 0 Å². The molecule has 0 saturated carbocycles. The van der Waals surface area contributed by atoms with Gasteiger partial charge in [0.2, 0.25) is 0 Å². The van der Waals surface area contributed by atoms with Gasteiger partial charge in [-0.05, 0) is 42.2 Å². The molecule has 34 heavy (non-hydrogen) atoms. The highest BCUT2D eigenvalue weighted by Crippen LogP contribution is 2.44. The number of alkyl carbamates (subject to hydrolysis) is 1. The molecule has 174 valence electrons. The molecule has 8 heteroatoms. The number of rotatable bonds is 7. The molecule has 0 fully saturated rings. The lowest BCUT2D eigenvalue weighted by Crippen LogP contribution is -2.46. The van der Waals surface area contributed by atoms with E-state index in [2.05, 4.69) is 5.32 Å². The number of Topliss-reactive ketones (excluding diaryl/α,β-unsaturated/α-hetero) is 1. The minimum Gasteiger partial charge on any atom is -0.449 e. The summed E-state index contributed by atoms with van der Waals surface area (Å²) < 4.78 is 20.2. The van der Waals surface area contributed by atoms with Gasteiger partial charge in [-0.3, -0.25) is 14.9 Å². The van der Waals surface area contributed by atoms with Crippen LogP contribution in [0.2, 0.25) is 0 Å². The molecule has 1 aliphatic carbocycles. The first-order valence-corrected chi connectivity index (χ1v) is 10.8. The number of non-ortho nitro benzene ring substituents is 1. The van der Waals surface area contributed by atoms with Crippen LogP contribution in [0.1, 0.15) is 42.9 Å². The van der Waals surface area contributed by atoms with Gasteiger partial charge in [0.25, 0.3) is 5.69 Å². The number of nitrogens with one attached hydrogen (secondary N) is 1. The number of halogens is 1. The molecule has 0 saturated heterocycles. The second kappa shape index (κ2) is 9.05. The molecule has 1 aliphatic rings. The lowest BCUT2D eigenvalue weighted by Gasteiger charge is -2.30. The number of nitro benzene ring substituents is 1. The number of hydrogen-bond acceptors (Lipinski definition) is 5. The first-order valence-electron chi connectivity index (χ1n) is 10.8. The van der Waals surface area contributed by atoms with E-state index in [1.807, 2.05) is 48.5 Å². The maximum absolute atomic E-state index is 14.7. The van der Waals surface area contributed by atoms with Gasteiger partial charge >= 0.3 is 6.09 Å². The second-order valence-electron chi connectivity index (χ2n) is 8.58. The molecular formula is C26H23FN2O5. The number of hydrogen-bond donors (Lipinski definition) is 1. The van der Waals surface area contributed by atoms with Crippen molar-refractivity contribution in [2.45, 2.75) is 31.7 Å². The first-order chi connectivity index (χ1) is 16.2. The maximum Gasteiger partial charge on any atom is 0.407 e. The van der Waals surface area contributed by atoms with E-state index in [0.717, 1.165) is 40.5 Å². The third kappa shape index (κ3) is 4.39. The fourth-order valence-electron chi connectivity index (χ4n) is 4.61. The number of carbonyl (C=O) groups excluding carboxylic acids is 2. The van der Waals surface area contributed by atoms with Gasteiger partial charge in [0.1, 0.15) is 18.2 Å². The van der Waals surface area contributed by atoms with E-state index in [1.165, 1.54) is 13.8 Å². The second-order valence-corrected chi connectivity index (χ2v) is 8.58. The van der Waals surface area contributed by atoms with Gasteiger partial charge in [0, 0.05) is 30.0 Å². The molecule has 1 N–H and O–H groups in total. The van der Waals surface area contributed by atoms with Gasteiger partial charge in [-0.1, -0.05) is 48.5 Å². The van der Waals surface area contributed by atoms with Crippen LogP contribution in [0.25, 0.3) is 11.1 Å². The van der Waals surface area contributed by atoms with Crippen molar-refractivity contribution < 1.29 is 23.6 Å². The first kappa shape index (κ1) is 23.1. The van der Waals surface area contributed by atoms with E-state index < -0.39 is 22.4 Å². The van der Waals surface area contributed by atoms with Crippen LogP contribution < -0.4 is 5.32 Å². The van der Waals surface area contributed by atoms with Gasteiger partial charge in [-0.15, -0.1) is 0 Å². The Bertz CT molecular complexity index is 1250. The molecule has 0 spiro atoms. The summed E-state index contributed by atoms with van der Waals surface area (Å²) in [6, 6.07) is 18.8. The van der Waals surface area contributed by atoms with E-state index in [-0.39, 0.29) is 36.0 Å². The predicted molar refractivity (Wildman–Crippen MR) is 124 cm³/mol. The average Bonchev–Trinajstić information content (AvgIpc) is 3.11. The molecule has 1 amide bonds. The lowest BCUT2D eigenvalue weighted by molar-refractivity contribution is -0.385. The number of fused-ring (bicyclic) bond motifs is 3. The third-order valence-electron chi connectivity index (χ3n) is 6.08. The molecule has 1 atom stereocenters. The molecule has 0 aromatic heterocycles. The van der Waals surface area contributed by atoms with Crippen molar-refractivity contribution in [2.24, 2.45) is 0 Å². The number of benzene rings is 3. The normalized spacial score (nSPS) is 14.0. The fourth-order valence-corrected chi connectivity index (χ4v) is 4.61. The zero-order valence-electron chi connectivity index (χ0n) is 18.7. The third-order valence-corrected chi connectivity index (χ3v) is 6.08. The van der Waals surface area contributed by atoms with Crippen molar-refractivity contribution in [1.82, 2.24) is 5.32 Å². The van der Waals surface area contributed by atoms with Crippen molar-refractivity contribution in [1.29, 1.82) is 0 Å². The summed E-state index contributed by atoms with van der Waals surface area (Å²) in [4.78, 5) is 35.3. The smallest absolute Gasteiger partial charge is 0.407 e. The van der Waals surface area contributed by atoms with Crippen molar-refractivity contribution >= 4 is 17.6 Å². The standard InChI is InChI=1S/C26H23FN2O5/c1-16(30)14-26(2,23-13-17(29(32)33)11-12-24(23)27)28-25(31)34-15-22-20-9-5-3-7-18(20)19-8-4-6-10-21(19)22/h3-13,22H,14-15H2,1-2H3,(H,28,31)/t26-/m0/s1. The number of carbonyl (C=O) groups is 2. The molecule has 0 aliphatic heterocycles. The predicted octanol–water partition coefficient (Wildman–Crippen LogP) is 5.47. The van der Waals surface area contributed by atoms with Crippen molar-refractivity contribution in [3.8, 4) is 11.1 Å². The minimum atomic E-state index is -1.54. The molecule has 0 heterocycles. The summed E-state index contributed by atoms with van der Waals surface area (Å²) in [5.74, 6) is -1.27. The zero-order valence-corrected chi connectivity index (χ0v) is 18.7. The van der Waals surface area contributed by atoms with E-state index >= 15 is 0 Å². The monoisotopic (exact) mass is 462 g/mol. The van der Waals surface area contributed by atoms with Crippen LogP contribution in [0.3, 0.4) is 0 Å². The molecule has 0 unspecified atom stereocenters.